The topological polar surface area (TPSA) is 80.9 Å². The summed E-state index contributed by atoms with van der Waals surface area (Å²) in [6, 6.07) is 7.11. The van der Waals surface area contributed by atoms with Crippen molar-refractivity contribution in [1.29, 1.82) is 0 Å². The molecular formula is C14H11ClN4OS. The highest BCUT2D eigenvalue weighted by Gasteiger charge is 2.13. The van der Waals surface area contributed by atoms with Crippen molar-refractivity contribution in [3.63, 3.8) is 0 Å². The van der Waals surface area contributed by atoms with E-state index in [0.717, 1.165) is 10.4 Å². The van der Waals surface area contributed by atoms with Gasteiger partial charge in [0.15, 0.2) is 0 Å². The second-order valence-electron chi connectivity index (χ2n) is 4.28. The van der Waals surface area contributed by atoms with Crippen molar-refractivity contribution < 1.29 is 4.79 Å². The van der Waals surface area contributed by atoms with E-state index in [-0.39, 0.29) is 5.91 Å². The molecule has 1 amide bonds. The minimum Gasteiger partial charge on any atom is -0.325 e. The van der Waals surface area contributed by atoms with Gasteiger partial charge in [0.05, 0.1) is 16.2 Å². The van der Waals surface area contributed by atoms with Crippen LogP contribution in [0.3, 0.4) is 0 Å². The summed E-state index contributed by atoms with van der Waals surface area (Å²) in [6.45, 7) is 0.323. The van der Waals surface area contributed by atoms with Gasteiger partial charge in [-0.05, 0) is 24.3 Å². The standard InChI is InChI=1S/C14H11ClN4OS/c15-9-3-4-10(13-8(9)2-1-5-17-13)19-14(20)11-7-21-12(6-16)18-11/h1-5,7H,6,16H2,(H,19,20). The zero-order chi connectivity index (χ0) is 14.8. The number of rotatable bonds is 3. The lowest BCUT2D eigenvalue weighted by atomic mass is 10.2. The normalized spacial score (nSPS) is 10.8. The molecule has 1 aromatic carbocycles. The van der Waals surface area contributed by atoms with Crippen LogP contribution in [-0.2, 0) is 6.54 Å². The molecular weight excluding hydrogens is 308 g/mol. The van der Waals surface area contributed by atoms with Crippen molar-refractivity contribution in [2.45, 2.75) is 6.54 Å². The number of pyridine rings is 1. The van der Waals surface area contributed by atoms with Gasteiger partial charge in [-0.25, -0.2) is 4.98 Å². The highest BCUT2D eigenvalue weighted by Crippen LogP contribution is 2.28. The van der Waals surface area contributed by atoms with Crippen LogP contribution >= 0.6 is 22.9 Å². The average molecular weight is 319 g/mol. The predicted octanol–water partition coefficient (Wildman–Crippen LogP) is 3.06. The first-order valence-electron chi connectivity index (χ1n) is 6.18. The number of nitrogens with zero attached hydrogens (tertiary/aromatic N) is 2. The quantitative estimate of drug-likeness (QED) is 0.777. The summed E-state index contributed by atoms with van der Waals surface area (Å²) in [5, 5.41) is 6.60. The fraction of sp³-hybridized carbons (Fsp3) is 0.0714. The van der Waals surface area contributed by atoms with E-state index in [1.54, 1.807) is 29.8 Å². The molecule has 106 valence electrons. The Labute approximate surface area is 129 Å². The molecule has 5 nitrogen and oxygen atoms in total. The Morgan fingerprint density at radius 2 is 2.24 bits per heavy atom. The SMILES string of the molecule is NCc1nc(C(=O)Nc2ccc(Cl)c3cccnc23)cs1. The van der Waals surface area contributed by atoms with Gasteiger partial charge < -0.3 is 11.1 Å². The summed E-state index contributed by atoms with van der Waals surface area (Å²) in [5.41, 5.74) is 7.09. The van der Waals surface area contributed by atoms with Crippen molar-refractivity contribution in [2.75, 3.05) is 5.32 Å². The lowest BCUT2D eigenvalue weighted by molar-refractivity contribution is 0.102. The van der Waals surface area contributed by atoms with E-state index in [2.05, 4.69) is 15.3 Å². The zero-order valence-corrected chi connectivity index (χ0v) is 12.4. The first-order valence-corrected chi connectivity index (χ1v) is 7.44. The van der Waals surface area contributed by atoms with Crippen LogP contribution in [0.5, 0.6) is 0 Å². The maximum Gasteiger partial charge on any atom is 0.275 e. The molecule has 0 aliphatic heterocycles. The van der Waals surface area contributed by atoms with Crippen molar-refractivity contribution in [3.05, 3.63) is 51.6 Å². The molecule has 0 spiro atoms. The molecule has 0 unspecified atom stereocenters. The second kappa shape index (κ2) is 5.77. The molecule has 0 fully saturated rings. The molecule has 0 aliphatic carbocycles. The Balaban J connectivity index is 1.95. The van der Waals surface area contributed by atoms with Crippen molar-refractivity contribution in [2.24, 2.45) is 5.73 Å². The van der Waals surface area contributed by atoms with E-state index in [1.807, 2.05) is 6.07 Å². The number of carbonyl (C=O) groups excluding carboxylic acids is 1. The number of thiazole rings is 1. The third-order valence-corrected chi connectivity index (χ3v) is 4.12. The van der Waals surface area contributed by atoms with Gasteiger partial charge in [0.1, 0.15) is 10.7 Å². The third-order valence-electron chi connectivity index (χ3n) is 2.92. The molecule has 0 bridgehead atoms. The van der Waals surface area contributed by atoms with Crippen LogP contribution in [0.1, 0.15) is 15.5 Å². The number of hydrogen-bond donors (Lipinski definition) is 2. The number of benzene rings is 1. The fourth-order valence-corrected chi connectivity index (χ4v) is 2.80. The molecule has 2 aromatic heterocycles. The zero-order valence-electron chi connectivity index (χ0n) is 10.8. The van der Waals surface area contributed by atoms with Crippen LogP contribution in [0.4, 0.5) is 5.69 Å². The molecule has 7 heteroatoms. The van der Waals surface area contributed by atoms with Gasteiger partial charge in [-0.2, -0.15) is 0 Å². The first kappa shape index (κ1) is 13.9. The average Bonchev–Trinajstić information content (AvgIpc) is 2.99. The first-order chi connectivity index (χ1) is 10.2. The van der Waals surface area contributed by atoms with Crippen LogP contribution in [-0.4, -0.2) is 15.9 Å². The van der Waals surface area contributed by atoms with Gasteiger partial charge in [0, 0.05) is 23.5 Å². The molecule has 0 aliphatic rings. The summed E-state index contributed by atoms with van der Waals surface area (Å²) in [5.74, 6) is -0.291. The van der Waals surface area contributed by atoms with Crippen molar-refractivity contribution >= 4 is 45.4 Å². The monoisotopic (exact) mass is 318 g/mol. The number of fused-ring (bicyclic) bond motifs is 1. The highest BCUT2D eigenvalue weighted by molar-refractivity contribution is 7.09. The van der Waals surface area contributed by atoms with E-state index in [1.165, 1.54) is 11.3 Å². The number of carbonyl (C=O) groups is 1. The number of nitrogens with one attached hydrogen (secondary N) is 1. The Hall–Kier alpha value is -2.02. The van der Waals surface area contributed by atoms with Crippen molar-refractivity contribution in [1.82, 2.24) is 9.97 Å². The summed E-state index contributed by atoms with van der Waals surface area (Å²) < 4.78 is 0. The van der Waals surface area contributed by atoms with E-state index in [4.69, 9.17) is 17.3 Å². The van der Waals surface area contributed by atoms with Crippen LogP contribution in [0, 0.1) is 0 Å². The van der Waals surface area contributed by atoms with Crippen LogP contribution in [0.25, 0.3) is 10.9 Å². The van der Waals surface area contributed by atoms with Crippen LogP contribution < -0.4 is 11.1 Å². The van der Waals surface area contributed by atoms with Gasteiger partial charge >= 0.3 is 0 Å². The van der Waals surface area contributed by atoms with Crippen LogP contribution in [0.2, 0.25) is 5.02 Å². The van der Waals surface area contributed by atoms with Gasteiger partial charge in [-0.15, -0.1) is 11.3 Å². The lowest BCUT2D eigenvalue weighted by Gasteiger charge is -2.07. The summed E-state index contributed by atoms with van der Waals surface area (Å²) in [4.78, 5) is 20.6. The molecule has 3 rings (SSSR count). The molecule has 2 heterocycles. The Bertz CT molecular complexity index is 818. The third kappa shape index (κ3) is 2.73. The van der Waals surface area contributed by atoms with Gasteiger partial charge in [0.25, 0.3) is 5.91 Å². The number of hydrogen-bond acceptors (Lipinski definition) is 5. The minimum atomic E-state index is -0.291. The summed E-state index contributed by atoms with van der Waals surface area (Å²) >= 11 is 7.49. The second-order valence-corrected chi connectivity index (χ2v) is 5.63. The lowest BCUT2D eigenvalue weighted by Crippen LogP contribution is -2.13. The predicted molar refractivity (Wildman–Crippen MR) is 84.7 cm³/mol. The Morgan fingerprint density at radius 3 is 3.00 bits per heavy atom. The molecule has 21 heavy (non-hydrogen) atoms. The highest BCUT2D eigenvalue weighted by atomic mass is 35.5. The smallest absolute Gasteiger partial charge is 0.275 e. The summed E-state index contributed by atoms with van der Waals surface area (Å²) in [6.07, 6.45) is 1.66. The van der Waals surface area contributed by atoms with Gasteiger partial charge in [0.2, 0.25) is 0 Å². The van der Waals surface area contributed by atoms with Gasteiger partial charge in [-0.1, -0.05) is 11.6 Å². The number of aromatic nitrogens is 2. The van der Waals surface area contributed by atoms with E-state index >= 15 is 0 Å². The number of amides is 1. The Morgan fingerprint density at radius 1 is 1.38 bits per heavy atom. The van der Waals surface area contributed by atoms with E-state index in [0.29, 0.717) is 28.5 Å². The van der Waals surface area contributed by atoms with Gasteiger partial charge in [-0.3, -0.25) is 9.78 Å². The molecule has 0 saturated carbocycles. The van der Waals surface area contributed by atoms with Crippen molar-refractivity contribution in [3.8, 4) is 0 Å². The summed E-state index contributed by atoms with van der Waals surface area (Å²) in [7, 11) is 0. The largest absolute Gasteiger partial charge is 0.325 e. The molecule has 0 atom stereocenters. The van der Waals surface area contributed by atoms with Crippen LogP contribution in [0.15, 0.2) is 35.8 Å². The number of nitrogens with two attached hydrogens (primary N) is 1. The molecule has 3 N–H and O–H groups in total. The maximum atomic E-state index is 12.2. The molecule has 3 aromatic rings. The minimum absolute atomic E-state index is 0.291. The fourth-order valence-electron chi connectivity index (χ4n) is 1.93. The molecule has 0 radical (unpaired) electrons. The van der Waals surface area contributed by atoms with E-state index < -0.39 is 0 Å². The Kier molecular flexibility index (Phi) is 3.83. The number of anilines is 1. The van der Waals surface area contributed by atoms with E-state index in [9.17, 15) is 4.79 Å². The molecule has 0 saturated heterocycles. The number of halogens is 1. The maximum absolute atomic E-state index is 12.2.